The summed E-state index contributed by atoms with van der Waals surface area (Å²) >= 11 is 5.99. The zero-order valence-electron chi connectivity index (χ0n) is 12.5. The van der Waals surface area contributed by atoms with Crippen LogP contribution in [0.1, 0.15) is 44.6 Å². The van der Waals surface area contributed by atoms with E-state index in [9.17, 15) is 10.1 Å². The van der Waals surface area contributed by atoms with Crippen LogP contribution in [0.5, 0.6) is 0 Å². The van der Waals surface area contributed by atoms with Gasteiger partial charge in [-0.15, -0.1) is 0 Å². The second kappa shape index (κ2) is 7.76. The summed E-state index contributed by atoms with van der Waals surface area (Å²) in [5.74, 6) is 0.711. The molecular formula is C16H23ClN2O2. The summed E-state index contributed by atoms with van der Waals surface area (Å²) in [6.07, 6.45) is 6.79. The van der Waals surface area contributed by atoms with Crippen molar-refractivity contribution in [3.8, 4) is 0 Å². The maximum absolute atomic E-state index is 11.1. The van der Waals surface area contributed by atoms with E-state index in [-0.39, 0.29) is 10.6 Å². The lowest BCUT2D eigenvalue weighted by molar-refractivity contribution is -0.385. The minimum Gasteiger partial charge on any atom is -0.314 e. The van der Waals surface area contributed by atoms with E-state index in [0.717, 1.165) is 18.5 Å². The van der Waals surface area contributed by atoms with Gasteiger partial charge in [0.2, 0.25) is 0 Å². The molecule has 0 bridgehead atoms. The number of benzene rings is 1. The van der Waals surface area contributed by atoms with Crippen molar-refractivity contribution in [3.63, 3.8) is 0 Å². The van der Waals surface area contributed by atoms with Gasteiger partial charge < -0.3 is 5.32 Å². The number of aryl methyl sites for hydroxylation is 1. The Balaban J connectivity index is 2.05. The highest BCUT2D eigenvalue weighted by atomic mass is 35.5. The first-order valence-electron chi connectivity index (χ1n) is 7.78. The molecule has 1 N–H and O–H groups in total. The molecule has 0 radical (unpaired) electrons. The van der Waals surface area contributed by atoms with E-state index in [2.05, 4.69) is 12.2 Å². The molecule has 116 valence electrons. The Morgan fingerprint density at radius 3 is 2.76 bits per heavy atom. The molecule has 0 heterocycles. The average Bonchev–Trinajstić information content (AvgIpc) is 2.97. The van der Waals surface area contributed by atoms with Crippen molar-refractivity contribution in [2.24, 2.45) is 5.92 Å². The Labute approximate surface area is 131 Å². The minimum absolute atomic E-state index is 0.182. The molecule has 0 spiro atoms. The number of nitro benzene ring substituents is 1. The Morgan fingerprint density at radius 2 is 2.14 bits per heavy atom. The predicted octanol–water partition coefficient (Wildman–Crippen LogP) is 4.35. The number of hydrogen-bond donors (Lipinski definition) is 1. The first-order chi connectivity index (χ1) is 10.1. The van der Waals surface area contributed by atoms with Crippen LogP contribution in [0.3, 0.4) is 0 Å². The standard InChI is InChI=1S/C16H23ClN2O2/c1-2-18-15(12-5-3-4-6-12)9-7-13-11-14(17)8-10-16(13)19(20)21/h8,10-12,15,18H,2-7,9H2,1H3. The van der Waals surface area contributed by atoms with Gasteiger partial charge in [-0.05, 0) is 50.3 Å². The van der Waals surface area contributed by atoms with Gasteiger partial charge in [0.1, 0.15) is 0 Å². The largest absolute Gasteiger partial charge is 0.314 e. The van der Waals surface area contributed by atoms with Gasteiger partial charge in [0.25, 0.3) is 5.69 Å². The van der Waals surface area contributed by atoms with E-state index in [1.54, 1.807) is 12.1 Å². The van der Waals surface area contributed by atoms with Gasteiger partial charge in [-0.25, -0.2) is 0 Å². The molecule has 1 aromatic carbocycles. The molecule has 1 atom stereocenters. The van der Waals surface area contributed by atoms with Gasteiger partial charge in [0.05, 0.1) is 4.92 Å². The van der Waals surface area contributed by atoms with Crippen LogP contribution in [0.15, 0.2) is 18.2 Å². The lowest BCUT2D eigenvalue weighted by Gasteiger charge is -2.24. The number of nitrogens with one attached hydrogen (secondary N) is 1. The molecule has 0 aliphatic heterocycles. The molecule has 0 amide bonds. The van der Waals surface area contributed by atoms with Crippen LogP contribution in [0, 0.1) is 16.0 Å². The molecule has 1 aromatic rings. The molecule has 4 nitrogen and oxygen atoms in total. The fourth-order valence-electron chi connectivity index (χ4n) is 3.37. The van der Waals surface area contributed by atoms with Gasteiger partial charge in [-0.2, -0.15) is 0 Å². The van der Waals surface area contributed by atoms with Gasteiger partial charge in [-0.1, -0.05) is 31.4 Å². The highest BCUT2D eigenvalue weighted by Gasteiger charge is 2.25. The van der Waals surface area contributed by atoms with Crippen molar-refractivity contribution in [2.75, 3.05) is 6.54 Å². The number of nitrogens with zero attached hydrogens (tertiary/aromatic N) is 1. The van der Waals surface area contributed by atoms with Crippen molar-refractivity contribution in [3.05, 3.63) is 38.9 Å². The van der Waals surface area contributed by atoms with Gasteiger partial charge in [0.15, 0.2) is 0 Å². The van der Waals surface area contributed by atoms with Crippen LogP contribution in [0.2, 0.25) is 5.02 Å². The molecule has 2 rings (SSSR count). The van der Waals surface area contributed by atoms with Crippen LogP contribution in [-0.4, -0.2) is 17.5 Å². The van der Waals surface area contributed by atoms with E-state index in [0.29, 0.717) is 23.4 Å². The second-order valence-corrected chi connectivity index (χ2v) is 6.21. The third-order valence-corrected chi connectivity index (χ3v) is 4.63. The zero-order valence-corrected chi connectivity index (χ0v) is 13.2. The van der Waals surface area contributed by atoms with E-state index < -0.39 is 0 Å². The molecule has 1 saturated carbocycles. The third-order valence-electron chi connectivity index (χ3n) is 4.40. The summed E-state index contributed by atoms with van der Waals surface area (Å²) in [7, 11) is 0. The second-order valence-electron chi connectivity index (χ2n) is 5.78. The Morgan fingerprint density at radius 1 is 1.43 bits per heavy atom. The predicted molar refractivity (Wildman–Crippen MR) is 85.9 cm³/mol. The molecule has 0 aromatic heterocycles. The van der Waals surface area contributed by atoms with Crippen molar-refractivity contribution < 1.29 is 4.92 Å². The van der Waals surface area contributed by atoms with Gasteiger partial charge in [-0.3, -0.25) is 10.1 Å². The molecule has 1 unspecified atom stereocenters. The lowest BCUT2D eigenvalue weighted by Crippen LogP contribution is -2.35. The Bertz CT molecular complexity index is 487. The summed E-state index contributed by atoms with van der Waals surface area (Å²) in [5.41, 5.74) is 0.925. The average molecular weight is 311 g/mol. The number of halogens is 1. The van der Waals surface area contributed by atoms with E-state index in [4.69, 9.17) is 11.6 Å². The lowest BCUT2D eigenvalue weighted by atomic mass is 9.92. The maximum atomic E-state index is 11.1. The fraction of sp³-hybridized carbons (Fsp3) is 0.625. The van der Waals surface area contributed by atoms with Crippen LogP contribution >= 0.6 is 11.6 Å². The Hall–Kier alpha value is -1.13. The highest BCUT2D eigenvalue weighted by Crippen LogP contribution is 2.31. The van der Waals surface area contributed by atoms with Crippen LogP contribution in [0.25, 0.3) is 0 Å². The van der Waals surface area contributed by atoms with Crippen LogP contribution in [-0.2, 0) is 6.42 Å². The molecule has 1 fully saturated rings. The van der Waals surface area contributed by atoms with E-state index in [1.165, 1.54) is 31.7 Å². The Kier molecular flexibility index (Phi) is 6.00. The molecule has 0 saturated heterocycles. The molecule has 1 aliphatic rings. The minimum atomic E-state index is -0.316. The quantitative estimate of drug-likeness (QED) is 0.601. The molecule has 1 aliphatic carbocycles. The first-order valence-corrected chi connectivity index (χ1v) is 8.15. The summed E-state index contributed by atoms with van der Waals surface area (Å²) in [4.78, 5) is 10.8. The van der Waals surface area contributed by atoms with Gasteiger partial charge >= 0.3 is 0 Å². The van der Waals surface area contributed by atoms with Crippen LogP contribution in [0.4, 0.5) is 5.69 Å². The summed E-state index contributed by atoms with van der Waals surface area (Å²) in [6.45, 7) is 3.06. The van der Waals surface area contributed by atoms with Crippen molar-refractivity contribution in [1.82, 2.24) is 5.32 Å². The topological polar surface area (TPSA) is 55.2 Å². The van der Waals surface area contributed by atoms with Crippen molar-refractivity contribution >= 4 is 17.3 Å². The summed E-state index contributed by atoms with van der Waals surface area (Å²) < 4.78 is 0. The van der Waals surface area contributed by atoms with Gasteiger partial charge in [0, 0.05) is 22.7 Å². The SMILES string of the molecule is CCNC(CCc1cc(Cl)ccc1[N+](=O)[O-])C1CCCC1. The number of hydrogen-bond acceptors (Lipinski definition) is 3. The molecular weight excluding hydrogens is 288 g/mol. The highest BCUT2D eigenvalue weighted by molar-refractivity contribution is 6.30. The van der Waals surface area contributed by atoms with Crippen LogP contribution < -0.4 is 5.32 Å². The summed E-state index contributed by atoms with van der Waals surface area (Å²) in [6, 6.07) is 5.28. The smallest absolute Gasteiger partial charge is 0.272 e. The van der Waals surface area contributed by atoms with Crippen molar-refractivity contribution in [1.29, 1.82) is 0 Å². The monoisotopic (exact) mass is 310 g/mol. The first kappa shape index (κ1) is 16.2. The third kappa shape index (κ3) is 4.42. The summed E-state index contributed by atoms with van der Waals surface area (Å²) in [5, 5.41) is 15.2. The van der Waals surface area contributed by atoms with Crippen molar-refractivity contribution in [2.45, 2.75) is 51.5 Å². The normalized spacial score (nSPS) is 17.0. The van der Waals surface area contributed by atoms with E-state index >= 15 is 0 Å². The zero-order chi connectivity index (χ0) is 15.2. The molecule has 5 heteroatoms. The number of nitro groups is 1. The fourth-order valence-corrected chi connectivity index (χ4v) is 3.56. The number of rotatable bonds is 7. The maximum Gasteiger partial charge on any atom is 0.272 e. The molecule has 21 heavy (non-hydrogen) atoms. The van der Waals surface area contributed by atoms with E-state index in [1.807, 2.05) is 0 Å².